The Morgan fingerprint density at radius 3 is 2.33 bits per heavy atom. The van der Waals surface area contributed by atoms with Crippen LogP contribution in [0.5, 0.6) is 0 Å². The predicted molar refractivity (Wildman–Crippen MR) is 85.1 cm³/mol. The molecule has 4 rings (SSSR count). The zero-order valence-corrected chi connectivity index (χ0v) is 12.0. The smallest absolute Gasteiger partial charge is 0.131 e. The van der Waals surface area contributed by atoms with Crippen LogP contribution in [0.2, 0.25) is 5.02 Å². The van der Waals surface area contributed by atoms with Crippen LogP contribution in [-0.2, 0) is 6.42 Å². The normalized spacial score (nSPS) is 12.1. The summed E-state index contributed by atoms with van der Waals surface area (Å²) in [6.07, 6.45) is 0.841. The van der Waals surface area contributed by atoms with E-state index >= 15 is 0 Å². The molecule has 1 aliphatic rings. The summed E-state index contributed by atoms with van der Waals surface area (Å²) >= 11 is 6.04. The second-order valence-electron chi connectivity index (χ2n) is 5.29. The van der Waals surface area contributed by atoms with Crippen molar-refractivity contribution in [1.82, 2.24) is 0 Å². The van der Waals surface area contributed by atoms with E-state index in [1.54, 1.807) is 12.1 Å². The van der Waals surface area contributed by atoms with Crippen LogP contribution in [0.1, 0.15) is 11.1 Å². The maximum Gasteiger partial charge on any atom is 0.131 e. The van der Waals surface area contributed by atoms with Crippen LogP contribution in [0.25, 0.3) is 22.3 Å². The number of hydrogen-bond donors (Lipinski definition) is 0. The molecular weight excluding hydrogens is 283 g/mol. The molecule has 0 atom stereocenters. The third kappa shape index (κ3) is 1.97. The molecule has 2 heteroatoms. The molecule has 0 fully saturated rings. The molecule has 0 amide bonds. The Kier molecular flexibility index (Phi) is 2.83. The van der Waals surface area contributed by atoms with Crippen molar-refractivity contribution in [2.24, 2.45) is 0 Å². The van der Waals surface area contributed by atoms with E-state index < -0.39 is 0 Å². The van der Waals surface area contributed by atoms with E-state index in [2.05, 4.69) is 18.2 Å². The highest BCUT2D eigenvalue weighted by Gasteiger charge is 2.22. The SMILES string of the molecule is Fc1ccc(Cl)cc1-c1cccc2c1Cc1ccccc1-2. The fourth-order valence-electron chi connectivity index (χ4n) is 3.11. The van der Waals surface area contributed by atoms with Crippen LogP contribution < -0.4 is 0 Å². The van der Waals surface area contributed by atoms with E-state index in [0.29, 0.717) is 10.6 Å². The molecule has 0 aromatic heterocycles. The molecule has 0 nitrogen and oxygen atoms in total. The quantitative estimate of drug-likeness (QED) is 0.421. The molecule has 0 spiro atoms. The van der Waals surface area contributed by atoms with E-state index in [0.717, 1.165) is 12.0 Å². The van der Waals surface area contributed by atoms with Gasteiger partial charge in [-0.05, 0) is 52.4 Å². The second-order valence-corrected chi connectivity index (χ2v) is 5.73. The molecule has 3 aromatic carbocycles. The van der Waals surface area contributed by atoms with Crippen molar-refractivity contribution in [3.05, 3.63) is 82.6 Å². The zero-order chi connectivity index (χ0) is 14.4. The molecule has 0 bridgehead atoms. The van der Waals surface area contributed by atoms with Gasteiger partial charge in [-0.1, -0.05) is 54.1 Å². The lowest BCUT2D eigenvalue weighted by Crippen LogP contribution is -1.91. The lowest BCUT2D eigenvalue weighted by Gasteiger charge is -2.10. The van der Waals surface area contributed by atoms with Gasteiger partial charge in [0.1, 0.15) is 5.82 Å². The van der Waals surface area contributed by atoms with Crippen LogP contribution in [0, 0.1) is 5.82 Å². The van der Waals surface area contributed by atoms with Crippen molar-refractivity contribution in [1.29, 1.82) is 0 Å². The number of hydrogen-bond acceptors (Lipinski definition) is 0. The molecule has 0 saturated heterocycles. The number of halogens is 2. The van der Waals surface area contributed by atoms with Gasteiger partial charge in [0.25, 0.3) is 0 Å². The first-order valence-corrected chi connectivity index (χ1v) is 7.27. The Morgan fingerprint density at radius 1 is 0.762 bits per heavy atom. The standard InChI is InChI=1S/C19H12ClF/c20-13-8-9-19(21)18(11-13)16-7-3-6-15-14-5-2-1-4-12(14)10-17(15)16/h1-9,11H,10H2. The summed E-state index contributed by atoms with van der Waals surface area (Å²) in [7, 11) is 0. The Bertz CT molecular complexity index is 852. The van der Waals surface area contributed by atoms with Gasteiger partial charge in [0.2, 0.25) is 0 Å². The van der Waals surface area contributed by atoms with Gasteiger partial charge in [-0.25, -0.2) is 4.39 Å². The van der Waals surface area contributed by atoms with Crippen LogP contribution in [0.3, 0.4) is 0 Å². The van der Waals surface area contributed by atoms with E-state index in [1.807, 2.05) is 24.3 Å². The van der Waals surface area contributed by atoms with Gasteiger partial charge < -0.3 is 0 Å². The van der Waals surface area contributed by atoms with Gasteiger partial charge in [-0.2, -0.15) is 0 Å². The average molecular weight is 295 g/mol. The summed E-state index contributed by atoms with van der Waals surface area (Å²) in [5.41, 5.74) is 6.43. The van der Waals surface area contributed by atoms with Crippen molar-refractivity contribution >= 4 is 11.6 Å². The fourth-order valence-corrected chi connectivity index (χ4v) is 3.29. The van der Waals surface area contributed by atoms with Gasteiger partial charge in [-0.3, -0.25) is 0 Å². The summed E-state index contributed by atoms with van der Waals surface area (Å²) in [5.74, 6) is -0.233. The highest BCUT2D eigenvalue weighted by Crippen LogP contribution is 2.42. The minimum Gasteiger partial charge on any atom is -0.206 e. The Balaban J connectivity index is 1.96. The molecule has 0 N–H and O–H groups in total. The third-order valence-corrected chi connectivity index (χ3v) is 4.30. The lowest BCUT2D eigenvalue weighted by atomic mass is 9.95. The molecule has 102 valence electrons. The van der Waals surface area contributed by atoms with Crippen LogP contribution in [0.15, 0.2) is 60.7 Å². The summed E-state index contributed by atoms with van der Waals surface area (Å²) in [5, 5.41) is 0.555. The maximum absolute atomic E-state index is 14.2. The molecule has 0 aliphatic heterocycles. The highest BCUT2D eigenvalue weighted by molar-refractivity contribution is 6.30. The van der Waals surface area contributed by atoms with Crippen molar-refractivity contribution in [3.63, 3.8) is 0 Å². The highest BCUT2D eigenvalue weighted by atomic mass is 35.5. The van der Waals surface area contributed by atoms with E-state index in [4.69, 9.17) is 11.6 Å². The molecular formula is C19H12ClF. The molecule has 0 heterocycles. The first-order chi connectivity index (χ1) is 10.2. The Labute approximate surface area is 127 Å². The molecule has 0 radical (unpaired) electrons. The van der Waals surface area contributed by atoms with Crippen molar-refractivity contribution in [2.45, 2.75) is 6.42 Å². The van der Waals surface area contributed by atoms with Gasteiger partial charge >= 0.3 is 0 Å². The second kappa shape index (κ2) is 4.71. The van der Waals surface area contributed by atoms with Gasteiger partial charge in [0, 0.05) is 10.6 Å². The predicted octanol–water partition coefficient (Wildman–Crippen LogP) is 5.72. The molecule has 21 heavy (non-hydrogen) atoms. The maximum atomic E-state index is 14.2. The van der Waals surface area contributed by atoms with Crippen LogP contribution in [-0.4, -0.2) is 0 Å². The number of benzene rings is 3. The fraction of sp³-hybridized carbons (Fsp3) is 0.0526. The zero-order valence-electron chi connectivity index (χ0n) is 11.2. The first-order valence-electron chi connectivity index (χ1n) is 6.89. The van der Waals surface area contributed by atoms with Crippen LogP contribution >= 0.6 is 11.6 Å². The topological polar surface area (TPSA) is 0 Å². The summed E-state index contributed by atoms with van der Waals surface area (Å²) < 4.78 is 14.2. The molecule has 3 aromatic rings. The van der Waals surface area contributed by atoms with Gasteiger partial charge in [-0.15, -0.1) is 0 Å². The van der Waals surface area contributed by atoms with Crippen LogP contribution in [0.4, 0.5) is 4.39 Å². The first kappa shape index (κ1) is 12.6. The average Bonchev–Trinajstić information content (AvgIpc) is 2.88. The summed E-state index contributed by atoms with van der Waals surface area (Å²) in [6, 6.07) is 19.1. The minimum atomic E-state index is -0.233. The van der Waals surface area contributed by atoms with Gasteiger partial charge in [0.15, 0.2) is 0 Å². The molecule has 0 unspecified atom stereocenters. The van der Waals surface area contributed by atoms with E-state index in [1.165, 1.54) is 28.3 Å². The lowest BCUT2D eigenvalue weighted by molar-refractivity contribution is 0.631. The Morgan fingerprint density at radius 2 is 1.48 bits per heavy atom. The minimum absolute atomic E-state index is 0.233. The van der Waals surface area contributed by atoms with Crippen molar-refractivity contribution in [3.8, 4) is 22.3 Å². The number of rotatable bonds is 1. The van der Waals surface area contributed by atoms with Gasteiger partial charge in [0.05, 0.1) is 0 Å². The number of fused-ring (bicyclic) bond motifs is 3. The van der Waals surface area contributed by atoms with Crippen molar-refractivity contribution in [2.75, 3.05) is 0 Å². The Hall–Kier alpha value is -2.12. The third-order valence-electron chi connectivity index (χ3n) is 4.07. The summed E-state index contributed by atoms with van der Waals surface area (Å²) in [6.45, 7) is 0. The van der Waals surface area contributed by atoms with E-state index in [9.17, 15) is 4.39 Å². The van der Waals surface area contributed by atoms with E-state index in [-0.39, 0.29) is 5.82 Å². The summed E-state index contributed by atoms with van der Waals surface area (Å²) in [4.78, 5) is 0. The molecule has 1 aliphatic carbocycles. The monoisotopic (exact) mass is 294 g/mol. The van der Waals surface area contributed by atoms with Crippen molar-refractivity contribution < 1.29 is 4.39 Å². The largest absolute Gasteiger partial charge is 0.206 e. The molecule has 0 saturated carbocycles.